The zero-order valence-electron chi connectivity index (χ0n) is 9.63. The molecule has 2 aliphatic rings. The second-order valence-corrected chi connectivity index (χ2v) is 4.95. The van der Waals surface area contributed by atoms with Crippen LogP contribution in [-0.2, 0) is 0 Å². The van der Waals surface area contributed by atoms with E-state index in [4.69, 9.17) is 5.73 Å². The van der Waals surface area contributed by atoms with Crippen LogP contribution in [-0.4, -0.2) is 29.6 Å². The maximum Gasteiger partial charge on any atom is 0.0360 e. The Kier molecular flexibility index (Phi) is 2.85. The predicted molar refractivity (Wildman–Crippen MR) is 60.2 cm³/mol. The van der Waals surface area contributed by atoms with Crippen molar-refractivity contribution >= 4 is 0 Å². The van der Waals surface area contributed by atoms with E-state index in [0.29, 0.717) is 5.54 Å². The van der Waals surface area contributed by atoms with Gasteiger partial charge in [-0.1, -0.05) is 13.8 Å². The number of nitrogens with zero attached hydrogens (tertiary/aromatic N) is 1. The normalized spacial score (nSPS) is 26.6. The van der Waals surface area contributed by atoms with E-state index in [0.717, 1.165) is 18.5 Å². The lowest BCUT2D eigenvalue weighted by molar-refractivity contribution is 0.0653. The van der Waals surface area contributed by atoms with Crippen molar-refractivity contribution in [2.45, 2.75) is 57.5 Å². The van der Waals surface area contributed by atoms with E-state index in [1.165, 1.54) is 38.6 Å². The molecule has 0 saturated heterocycles. The van der Waals surface area contributed by atoms with Crippen molar-refractivity contribution in [3.8, 4) is 0 Å². The van der Waals surface area contributed by atoms with Crippen molar-refractivity contribution in [3.63, 3.8) is 0 Å². The van der Waals surface area contributed by atoms with Crippen molar-refractivity contribution in [2.24, 2.45) is 11.7 Å². The van der Waals surface area contributed by atoms with Gasteiger partial charge in [-0.2, -0.15) is 0 Å². The van der Waals surface area contributed by atoms with Crippen molar-refractivity contribution in [1.29, 1.82) is 0 Å². The zero-order chi connectivity index (χ0) is 10.2. The fourth-order valence-corrected chi connectivity index (χ4v) is 3.10. The van der Waals surface area contributed by atoms with Gasteiger partial charge in [-0.05, 0) is 44.6 Å². The van der Waals surface area contributed by atoms with Gasteiger partial charge in [0.2, 0.25) is 0 Å². The van der Waals surface area contributed by atoms with Crippen LogP contribution in [0.5, 0.6) is 0 Å². The Morgan fingerprint density at radius 1 is 1.21 bits per heavy atom. The molecular weight excluding hydrogens is 172 g/mol. The number of hydrogen-bond acceptors (Lipinski definition) is 2. The van der Waals surface area contributed by atoms with Crippen LogP contribution < -0.4 is 5.73 Å². The van der Waals surface area contributed by atoms with Crippen LogP contribution in [0.25, 0.3) is 0 Å². The molecule has 2 nitrogen and oxygen atoms in total. The highest BCUT2D eigenvalue weighted by molar-refractivity contribution is 5.06. The Hall–Kier alpha value is -0.0800. The lowest BCUT2D eigenvalue weighted by Gasteiger charge is -2.43. The largest absolute Gasteiger partial charge is 0.329 e. The van der Waals surface area contributed by atoms with Gasteiger partial charge < -0.3 is 5.73 Å². The molecule has 0 heterocycles. The molecule has 1 atom stereocenters. The molecule has 2 aliphatic carbocycles. The maximum atomic E-state index is 6.06. The Bertz CT molecular complexity index is 190. The van der Waals surface area contributed by atoms with Crippen molar-refractivity contribution in [3.05, 3.63) is 0 Å². The molecule has 0 aromatic carbocycles. The van der Waals surface area contributed by atoms with Crippen LogP contribution in [0.4, 0.5) is 0 Å². The van der Waals surface area contributed by atoms with Crippen LogP contribution in [0.3, 0.4) is 0 Å². The van der Waals surface area contributed by atoms with Crippen LogP contribution in [0, 0.1) is 5.92 Å². The highest BCUT2D eigenvalue weighted by Gasteiger charge is 2.50. The molecule has 0 spiro atoms. The summed E-state index contributed by atoms with van der Waals surface area (Å²) in [6, 6.07) is 0.865. The van der Waals surface area contributed by atoms with Crippen LogP contribution in [0.2, 0.25) is 0 Å². The second kappa shape index (κ2) is 3.82. The molecule has 2 fully saturated rings. The van der Waals surface area contributed by atoms with Gasteiger partial charge in [-0.25, -0.2) is 0 Å². The lowest BCUT2D eigenvalue weighted by Crippen LogP contribution is -2.56. The average Bonchev–Trinajstić information content (AvgIpc) is 3.05. The molecule has 1 unspecified atom stereocenters. The fraction of sp³-hybridized carbons (Fsp3) is 1.00. The minimum atomic E-state index is 0.357. The summed E-state index contributed by atoms with van der Waals surface area (Å²) in [7, 11) is 0. The van der Waals surface area contributed by atoms with Crippen molar-refractivity contribution in [2.75, 3.05) is 13.1 Å². The summed E-state index contributed by atoms with van der Waals surface area (Å²) < 4.78 is 0. The first-order valence-electron chi connectivity index (χ1n) is 6.25. The van der Waals surface area contributed by atoms with E-state index in [-0.39, 0.29) is 0 Å². The highest BCUT2D eigenvalue weighted by Crippen LogP contribution is 2.47. The molecule has 0 radical (unpaired) electrons. The van der Waals surface area contributed by atoms with Crippen LogP contribution >= 0.6 is 0 Å². The van der Waals surface area contributed by atoms with E-state index < -0.39 is 0 Å². The van der Waals surface area contributed by atoms with Gasteiger partial charge in [0.1, 0.15) is 0 Å². The molecule has 82 valence electrons. The van der Waals surface area contributed by atoms with Gasteiger partial charge in [0, 0.05) is 18.1 Å². The lowest BCUT2D eigenvalue weighted by atomic mass is 9.87. The summed E-state index contributed by atoms with van der Waals surface area (Å²) in [6.07, 6.45) is 6.87. The summed E-state index contributed by atoms with van der Waals surface area (Å²) in [6.45, 7) is 6.65. The van der Waals surface area contributed by atoms with E-state index in [9.17, 15) is 0 Å². The number of rotatable bonds is 6. The van der Waals surface area contributed by atoms with Gasteiger partial charge in [0.05, 0.1) is 0 Å². The first-order chi connectivity index (χ1) is 6.78. The third-order valence-corrected chi connectivity index (χ3v) is 4.20. The summed E-state index contributed by atoms with van der Waals surface area (Å²) in [4.78, 5) is 2.71. The third kappa shape index (κ3) is 1.59. The van der Waals surface area contributed by atoms with E-state index in [1.807, 2.05) is 0 Å². The van der Waals surface area contributed by atoms with Gasteiger partial charge in [0.25, 0.3) is 0 Å². The Morgan fingerprint density at radius 3 is 2.14 bits per heavy atom. The Balaban J connectivity index is 2.12. The van der Waals surface area contributed by atoms with E-state index >= 15 is 0 Å². The minimum absolute atomic E-state index is 0.357. The van der Waals surface area contributed by atoms with Crippen LogP contribution in [0.1, 0.15) is 46.0 Å². The molecule has 2 rings (SSSR count). The van der Waals surface area contributed by atoms with Gasteiger partial charge >= 0.3 is 0 Å². The molecular formula is C12H24N2. The first kappa shape index (κ1) is 10.4. The molecule has 0 aromatic rings. The molecule has 0 aliphatic heterocycles. The SMILES string of the molecule is CCN(C1CC1)C(CC)(CN)C1CC1. The van der Waals surface area contributed by atoms with E-state index in [2.05, 4.69) is 18.7 Å². The van der Waals surface area contributed by atoms with Gasteiger partial charge in [-0.15, -0.1) is 0 Å². The predicted octanol–water partition coefficient (Wildman–Crippen LogP) is 1.99. The monoisotopic (exact) mass is 196 g/mol. The Morgan fingerprint density at radius 2 is 1.86 bits per heavy atom. The number of nitrogens with two attached hydrogens (primary N) is 1. The molecule has 14 heavy (non-hydrogen) atoms. The first-order valence-corrected chi connectivity index (χ1v) is 6.25. The molecule has 2 saturated carbocycles. The van der Waals surface area contributed by atoms with Crippen molar-refractivity contribution < 1.29 is 0 Å². The van der Waals surface area contributed by atoms with Crippen LogP contribution in [0.15, 0.2) is 0 Å². The minimum Gasteiger partial charge on any atom is -0.329 e. The standard InChI is InChI=1S/C12H24N2/c1-3-12(9-13,10-5-6-10)14(4-2)11-7-8-11/h10-11H,3-9,13H2,1-2H3. The molecule has 0 bridgehead atoms. The topological polar surface area (TPSA) is 29.3 Å². The van der Waals surface area contributed by atoms with Gasteiger partial charge in [-0.3, -0.25) is 4.90 Å². The zero-order valence-corrected chi connectivity index (χ0v) is 9.63. The van der Waals surface area contributed by atoms with Crippen molar-refractivity contribution in [1.82, 2.24) is 4.90 Å². The maximum absolute atomic E-state index is 6.06. The third-order valence-electron chi connectivity index (χ3n) is 4.20. The summed E-state index contributed by atoms with van der Waals surface area (Å²) >= 11 is 0. The van der Waals surface area contributed by atoms with Gasteiger partial charge in [0.15, 0.2) is 0 Å². The molecule has 0 amide bonds. The average molecular weight is 196 g/mol. The molecule has 2 heteroatoms. The molecule has 2 N–H and O–H groups in total. The van der Waals surface area contributed by atoms with E-state index in [1.54, 1.807) is 0 Å². The quantitative estimate of drug-likeness (QED) is 0.704. The number of likely N-dealkylation sites (N-methyl/N-ethyl adjacent to an activating group) is 1. The molecule has 0 aromatic heterocycles. The summed E-state index contributed by atoms with van der Waals surface area (Å²) in [5.41, 5.74) is 6.42. The Labute approximate surface area is 87.8 Å². The fourth-order valence-electron chi connectivity index (χ4n) is 3.10. The summed E-state index contributed by atoms with van der Waals surface area (Å²) in [5.74, 6) is 0.901. The summed E-state index contributed by atoms with van der Waals surface area (Å²) in [5, 5.41) is 0. The second-order valence-electron chi connectivity index (χ2n) is 4.95. The highest BCUT2D eigenvalue weighted by atomic mass is 15.3. The smallest absolute Gasteiger partial charge is 0.0360 e. The number of hydrogen-bond donors (Lipinski definition) is 1.